The number of sulfonamides is 1. The molecule has 1 N–H and O–H groups in total. The van der Waals surface area contributed by atoms with E-state index in [0.717, 1.165) is 18.2 Å². The molecule has 2 aromatic carbocycles. The van der Waals surface area contributed by atoms with Crippen LogP contribution in [0.4, 0.5) is 13.2 Å². The van der Waals surface area contributed by atoms with Crippen molar-refractivity contribution in [3.63, 3.8) is 0 Å². The maximum atomic E-state index is 12.8. The molecule has 0 aliphatic heterocycles. The van der Waals surface area contributed by atoms with Crippen LogP contribution in [0.5, 0.6) is 0 Å². The Labute approximate surface area is 163 Å². The smallest absolute Gasteiger partial charge is 0.324 e. The van der Waals surface area contributed by atoms with Gasteiger partial charge in [-0.15, -0.1) is 0 Å². The molecule has 1 aromatic heterocycles. The summed E-state index contributed by atoms with van der Waals surface area (Å²) in [7, 11) is -4.54. The molecule has 0 radical (unpaired) electrons. The molecule has 3 aromatic rings. The van der Waals surface area contributed by atoms with Crippen molar-refractivity contribution in [2.24, 2.45) is 0 Å². The third-order valence-electron chi connectivity index (χ3n) is 3.80. The normalized spacial score (nSPS) is 12.0. The largest absolute Gasteiger partial charge is 0.416 e. The van der Waals surface area contributed by atoms with Gasteiger partial charge < -0.3 is 4.57 Å². The Morgan fingerprint density at radius 2 is 1.68 bits per heavy atom. The molecule has 28 heavy (non-hydrogen) atoms. The molecule has 0 fully saturated rings. The number of nitrogens with zero attached hydrogens (tertiary/aromatic N) is 1. The minimum atomic E-state index is -4.72. The zero-order valence-corrected chi connectivity index (χ0v) is 15.5. The van der Waals surface area contributed by atoms with Crippen LogP contribution in [0.2, 0.25) is 5.02 Å². The van der Waals surface area contributed by atoms with Crippen LogP contribution in [0.25, 0.3) is 5.69 Å². The third kappa shape index (κ3) is 4.20. The topological polar surface area (TPSA) is 68.2 Å². The van der Waals surface area contributed by atoms with E-state index in [9.17, 15) is 26.4 Å². The van der Waals surface area contributed by atoms with Crippen molar-refractivity contribution >= 4 is 27.5 Å². The molecular formula is C18H12ClF3N2O3S. The summed E-state index contributed by atoms with van der Waals surface area (Å²) in [6.07, 6.45) is -1.29. The molecule has 3 rings (SSSR count). The molecule has 0 unspecified atom stereocenters. The fourth-order valence-electron chi connectivity index (χ4n) is 2.43. The highest BCUT2D eigenvalue weighted by atomic mass is 35.5. The number of alkyl halides is 3. The summed E-state index contributed by atoms with van der Waals surface area (Å²) in [5, 5.41) is -0.00681. The van der Waals surface area contributed by atoms with Crippen LogP contribution in [0.3, 0.4) is 0 Å². The maximum absolute atomic E-state index is 12.8. The average Bonchev–Trinajstić information content (AvgIpc) is 3.16. The first-order valence-electron chi connectivity index (χ1n) is 7.75. The second-order valence-electron chi connectivity index (χ2n) is 5.71. The highest BCUT2D eigenvalue weighted by Crippen LogP contribution is 2.30. The lowest BCUT2D eigenvalue weighted by molar-refractivity contribution is -0.137. The van der Waals surface area contributed by atoms with E-state index in [1.807, 2.05) is 0 Å². The van der Waals surface area contributed by atoms with E-state index in [-0.39, 0.29) is 10.6 Å². The van der Waals surface area contributed by atoms with Crippen LogP contribution >= 0.6 is 11.6 Å². The Morgan fingerprint density at radius 1 is 1.00 bits per heavy atom. The zero-order valence-electron chi connectivity index (χ0n) is 13.9. The number of halogens is 4. The Bertz CT molecular complexity index is 1130. The number of hydrogen-bond acceptors (Lipinski definition) is 3. The van der Waals surface area contributed by atoms with E-state index in [1.165, 1.54) is 12.1 Å². The molecule has 0 saturated carbocycles. The molecule has 0 atom stereocenters. The van der Waals surface area contributed by atoms with Gasteiger partial charge in [0, 0.05) is 18.1 Å². The van der Waals surface area contributed by atoms with Gasteiger partial charge >= 0.3 is 6.18 Å². The van der Waals surface area contributed by atoms with Gasteiger partial charge in [0.1, 0.15) is 0 Å². The zero-order chi connectivity index (χ0) is 20.5. The Balaban J connectivity index is 1.91. The van der Waals surface area contributed by atoms with Crippen molar-refractivity contribution in [2.75, 3.05) is 0 Å². The van der Waals surface area contributed by atoms with Crippen LogP contribution in [-0.4, -0.2) is 18.9 Å². The molecular weight excluding hydrogens is 417 g/mol. The van der Waals surface area contributed by atoms with Crippen molar-refractivity contribution in [1.29, 1.82) is 0 Å². The van der Waals surface area contributed by atoms with E-state index < -0.39 is 32.6 Å². The number of benzene rings is 2. The van der Waals surface area contributed by atoms with Crippen molar-refractivity contribution in [2.45, 2.75) is 11.1 Å². The average molecular weight is 429 g/mol. The highest BCUT2D eigenvalue weighted by Gasteiger charge is 2.32. The number of amides is 1. The summed E-state index contributed by atoms with van der Waals surface area (Å²) in [4.78, 5) is 11.8. The molecule has 0 saturated heterocycles. The van der Waals surface area contributed by atoms with Crippen molar-refractivity contribution in [3.8, 4) is 5.69 Å². The van der Waals surface area contributed by atoms with Gasteiger partial charge in [-0.1, -0.05) is 17.7 Å². The second kappa shape index (κ2) is 7.33. The van der Waals surface area contributed by atoms with Crippen LogP contribution < -0.4 is 4.72 Å². The second-order valence-corrected chi connectivity index (χ2v) is 7.80. The molecule has 1 amide bonds. The molecule has 0 spiro atoms. The predicted molar refractivity (Wildman–Crippen MR) is 96.9 cm³/mol. The van der Waals surface area contributed by atoms with E-state index in [0.29, 0.717) is 11.8 Å². The summed E-state index contributed by atoms with van der Waals surface area (Å²) < 4.78 is 66.6. The van der Waals surface area contributed by atoms with E-state index in [4.69, 9.17) is 11.6 Å². The van der Waals surface area contributed by atoms with Gasteiger partial charge in [-0.05, 0) is 48.5 Å². The Morgan fingerprint density at radius 3 is 2.32 bits per heavy atom. The summed E-state index contributed by atoms with van der Waals surface area (Å²) in [5.74, 6) is -1.06. The summed E-state index contributed by atoms with van der Waals surface area (Å²) in [5.41, 5.74) is -0.727. The van der Waals surface area contributed by atoms with Gasteiger partial charge in [-0.25, -0.2) is 13.1 Å². The fourth-order valence-corrected chi connectivity index (χ4v) is 3.65. The van der Waals surface area contributed by atoms with Crippen LogP contribution in [0.15, 0.2) is 71.9 Å². The number of carbonyl (C=O) groups is 1. The monoisotopic (exact) mass is 428 g/mol. The molecule has 0 aliphatic rings. The SMILES string of the molecule is O=C(NS(=O)(=O)c1cccc(C(F)(F)F)c1)c1cc(-n2cccc2)ccc1Cl. The molecule has 146 valence electrons. The lowest BCUT2D eigenvalue weighted by Crippen LogP contribution is -2.31. The lowest BCUT2D eigenvalue weighted by atomic mass is 10.2. The Kier molecular flexibility index (Phi) is 5.22. The van der Waals surface area contributed by atoms with Gasteiger partial charge in [-0.2, -0.15) is 13.2 Å². The molecule has 10 heteroatoms. The first kappa shape index (κ1) is 20.0. The molecule has 1 heterocycles. The minimum absolute atomic E-state index is 0.00681. The van der Waals surface area contributed by atoms with Gasteiger partial charge in [0.15, 0.2) is 0 Å². The van der Waals surface area contributed by atoms with Crippen LogP contribution in [0, 0.1) is 0 Å². The Hall–Kier alpha value is -2.78. The summed E-state index contributed by atoms with van der Waals surface area (Å²) in [6.45, 7) is 0. The van der Waals surface area contributed by atoms with Crippen molar-refractivity contribution in [1.82, 2.24) is 9.29 Å². The molecule has 0 aliphatic carbocycles. The number of rotatable bonds is 4. The van der Waals surface area contributed by atoms with E-state index >= 15 is 0 Å². The number of hydrogen-bond donors (Lipinski definition) is 1. The summed E-state index contributed by atoms with van der Waals surface area (Å²) in [6, 6.07) is 11.0. The number of carbonyl (C=O) groups excluding carboxylic acids is 1. The van der Waals surface area contributed by atoms with Crippen molar-refractivity contribution in [3.05, 3.63) is 83.1 Å². The first-order chi connectivity index (χ1) is 13.1. The number of aromatic nitrogens is 1. The highest BCUT2D eigenvalue weighted by molar-refractivity contribution is 7.90. The first-order valence-corrected chi connectivity index (χ1v) is 9.61. The minimum Gasteiger partial charge on any atom is -0.324 e. The molecule has 5 nitrogen and oxygen atoms in total. The van der Waals surface area contributed by atoms with Gasteiger partial charge in [0.2, 0.25) is 0 Å². The quantitative estimate of drug-likeness (QED) is 0.674. The van der Waals surface area contributed by atoms with Gasteiger partial charge in [0.25, 0.3) is 15.9 Å². The van der Waals surface area contributed by atoms with Crippen molar-refractivity contribution < 1.29 is 26.4 Å². The summed E-state index contributed by atoms with van der Waals surface area (Å²) >= 11 is 6.00. The van der Waals surface area contributed by atoms with E-state index in [1.54, 1.807) is 39.9 Å². The number of nitrogens with one attached hydrogen (secondary N) is 1. The fraction of sp³-hybridized carbons (Fsp3) is 0.0556. The van der Waals surface area contributed by atoms with Crippen LogP contribution in [0.1, 0.15) is 15.9 Å². The van der Waals surface area contributed by atoms with Crippen LogP contribution in [-0.2, 0) is 16.2 Å². The van der Waals surface area contributed by atoms with E-state index in [2.05, 4.69) is 0 Å². The molecule has 0 bridgehead atoms. The third-order valence-corrected chi connectivity index (χ3v) is 5.45. The maximum Gasteiger partial charge on any atom is 0.416 e. The lowest BCUT2D eigenvalue weighted by Gasteiger charge is -2.12. The predicted octanol–water partition coefficient (Wildman–Crippen LogP) is 4.27. The van der Waals surface area contributed by atoms with Gasteiger partial charge in [0.05, 0.1) is 21.0 Å². The standard InChI is InChI=1S/C18H12ClF3N2O3S/c19-16-7-6-13(24-8-1-2-9-24)11-15(16)17(25)23-28(26,27)14-5-3-4-12(10-14)18(20,21)22/h1-11H,(H,23,25). The van der Waals surface area contributed by atoms with Gasteiger partial charge in [-0.3, -0.25) is 4.79 Å².